The third-order valence-corrected chi connectivity index (χ3v) is 9.36. The second-order valence-electron chi connectivity index (χ2n) is 8.97. The Morgan fingerprint density at radius 1 is 1.12 bits per heavy atom. The van der Waals surface area contributed by atoms with Crippen molar-refractivity contribution in [2.45, 2.75) is 57.6 Å². The van der Waals surface area contributed by atoms with Gasteiger partial charge in [-0.3, -0.25) is 28.5 Å². The maximum absolute atomic E-state index is 12.4. The van der Waals surface area contributed by atoms with Crippen molar-refractivity contribution in [3.63, 3.8) is 0 Å². The van der Waals surface area contributed by atoms with Crippen molar-refractivity contribution in [2.24, 2.45) is 5.73 Å². The number of carbonyl (C=O) groups is 2. The fourth-order valence-electron chi connectivity index (χ4n) is 3.76. The summed E-state index contributed by atoms with van der Waals surface area (Å²) in [5.41, 5.74) is 3.82. The Hall–Kier alpha value is -2.87. The summed E-state index contributed by atoms with van der Waals surface area (Å²) in [6.07, 6.45) is 0.176. The molecular formula is C18H27N6O16P3. The molecule has 25 heteroatoms. The number of phosphoric acid groups is 3. The highest BCUT2D eigenvalue weighted by atomic mass is 31.3. The molecule has 240 valence electrons. The fourth-order valence-corrected chi connectivity index (χ4v) is 6.79. The van der Waals surface area contributed by atoms with Crippen LogP contribution in [0.25, 0.3) is 0 Å². The summed E-state index contributed by atoms with van der Waals surface area (Å²) in [6, 6.07) is -0.927. The quantitative estimate of drug-likeness (QED) is 0.0973. The van der Waals surface area contributed by atoms with Gasteiger partial charge in [0, 0.05) is 31.0 Å². The number of primary amides is 1. The summed E-state index contributed by atoms with van der Waals surface area (Å²) in [6.45, 7) is 0.218. The summed E-state index contributed by atoms with van der Waals surface area (Å²) in [4.78, 5) is 85.6. The third kappa shape index (κ3) is 10.7. The topological polar surface area (TPSA) is 324 Å². The fraction of sp³-hybridized carbons (Fsp3) is 0.556. The second-order valence-corrected chi connectivity index (χ2v) is 13.4. The van der Waals surface area contributed by atoms with Gasteiger partial charge < -0.3 is 34.8 Å². The van der Waals surface area contributed by atoms with E-state index in [1.54, 1.807) is 0 Å². The largest absolute Gasteiger partial charge is 0.490 e. The predicted molar refractivity (Wildman–Crippen MR) is 136 cm³/mol. The Kier molecular flexibility index (Phi) is 11.1. The molecule has 0 bridgehead atoms. The van der Waals surface area contributed by atoms with Crippen molar-refractivity contribution in [1.29, 1.82) is 0 Å². The van der Waals surface area contributed by atoms with E-state index in [2.05, 4.69) is 23.9 Å². The number of rotatable bonds is 15. The summed E-state index contributed by atoms with van der Waals surface area (Å²) in [5.74, 6) is -1.21. The van der Waals surface area contributed by atoms with E-state index in [0.29, 0.717) is 0 Å². The molecule has 22 nitrogen and oxygen atoms in total. The average Bonchev–Trinajstić information content (AvgIpc) is 3.48. The second kappa shape index (κ2) is 13.8. The van der Waals surface area contributed by atoms with Gasteiger partial charge in [0.05, 0.1) is 18.8 Å². The van der Waals surface area contributed by atoms with E-state index in [9.17, 15) is 42.7 Å². The third-order valence-electron chi connectivity index (χ3n) is 5.56. The molecule has 7 N–H and O–H groups in total. The smallest absolute Gasteiger partial charge is 0.459 e. The van der Waals surface area contributed by atoms with Crippen LogP contribution < -0.4 is 17.0 Å². The number of ether oxygens (including phenoxy) is 2. The number of nitrogens with one attached hydrogen (secondary N) is 1. The minimum atomic E-state index is -5.78. The lowest BCUT2D eigenvalue weighted by molar-refractivity contribution is -0.145. The highest BCUT2D eigenvalue weighted by molar-refractivity contribution is 7.66. The van der Waals surface area contributed by atoms with Gasteiger partial charge in [-0.25, -0.2) is 23.2 Å². The first kappa shape index (κ1) is 34.6. The molecule has 5 atom stereocenters. The van der Waals surface area contributed by atoms with E-state index >= 15 is 0 Å². The minimum Gasteiger partial charge on any atom is -0.459 e. The normalized spacial score (nSPS) is 21.7. The SMILES string of the molecule is Cc1cn([C@H]2CC(n3cc(COC(=O)CCCC(N)=O)nn3)[C@@H](COP(=O)(O)OP(=O)(O)OP(=O)(O)O)O2)c(=O)[nH]c1=O. The maximum Gasteiger partial charge on any atom is 0.490 e. The van der Waals surface area contributed by atoms with Crippen LogP contribution in [-0.4, -0.2) is 68.7 Å². The number of hydrogen-bond acceptors (Lipinski definition) is 14. The Morgan fingerprint density at radius 3 is 2.47 bits per heavy atom. The van der Waals surface area contributed by atoms with Gasteiger partial charge in [-0.1, -0.05) is 5.21 Å². The number of carbonyl (C=O) groups excluding carboxylic acids is 2. The van der Waals surface area contributed by atoms with Crippen LogP contribution in [0.1, 0.15) is 49.2 Å². The molecule has 3 rings (SSSR count). The van der Waals surface area contributed by atoms with Crippen molar-refractivity contribution in [3.8, 4) is 0 Å². The number of nitrogens with two attached hydrogens (primary N) is 1. The van der Waals surface area contributed by atoms with Gasteiger partial charge in [0.25, 0.3) is 5.56 Å². The van der Waals surface area contributed by atoms with Crippen LogP contribution in [-0.2, 0) is 52.5 Å². The van der Waals surface area contributed by atoms with Crippen LogP contribution >= 0.6 is 23.5 Å². The number of nitrogens with zero attached hydrogens (tertiary/aromatic N) is 4. The maximum atomic E-state index is 12.4. The number of esters is 1. The van der Waals surface area contributed by atoms with E-state index in [0.717, 1.165) is 4.57 Å². The van der Waals surface area contributed by atoms with E-state index in [1.807, 2.05) is 0 Å². The molecule has 0 saturated carbocycles. The molecule has 0 aliphatic carbocycles. The molecule has 3 unspecified atom stereocenters. The number of amides is 1. The van der Waals surface area contributed by atoms with E-state index < -0.39 is 71.6 Å². The van der Waals surface area contributed by atoms with Crippen molar-refractivity contribution in [1.82, 2.24) is 24.5 Å². The lowest BCUT2D eigenvalue weighted by Crippen LogP contribution is -2.33. The molecule has 0 aromatic carbocycles. The monoisotopic (exact) mass is 676 g/mol. The molecular weight excluding hydrogens is 649 g/mol. The lowest BCUT2D eigenvalue weighted by atomic mass is 10.1. The van der Waals surface area contributed by atoms with Crippen molar-refractivity contribution >= 4 is 35.3 Å². The van der Waals surface area contributed by atoms with Crippen molar-refractivity contribution < 1.29 is 65.5 Å². The Labute approximate surface area is 240 Å². The number of aryl methyl sites for hydroxylation is 1. The molecule has 3 heterocycles. The summed E-state index contributed by atoms with van der Waals surface area (Å²) in [7, 11) is -16.9. The number of aromatic nitrogens is 5. The Balaban J connectivity index is 1.77. The van der Waals surface area contributed by atoms with Crippen molar-refractivity contribution in [3.05, 3.63) is 44.5 Å². The van der Waals surface area contributed by atoms with Crippen LogP contribution in [0.15, 0.2) is 22.0 Å². The van der Waals surface area contributed by atoms with Gasteiger partial charge in [0.15, 0.2) is 0 Å². The summed E-state index contributed by atoms with van der Waals surface area (Å²) >= 11 is 0. The van der Waals surface area contributed by atoms with E-state index in [4.69, 9.17) is 29.5 Å². The molecule has 0 radical (unpaired) electrons. The molecule has 2 aromatic heterocycles. The van der Waals surface area contributed by atoms with Gasteiger partial charge in [0.1, 0.15) is 24.6 Å². The van der Waals surface area contributed by atoms with Crippen LogP contribution in [0, 0.1) is 6.92 Å². The van der Waals surface area contributed by atoms with Crippen molar-refractivity contribution in [2.75, 3.05) is 6.61 Å². The van der Waals surface area contributed by atoms with Crippen LogP contribution in [0.2, 0.25) is 0 Å². The van der Waals surface area contributed by atoms with Crippen LogP contribution in [0.3, 0.4) is 0 Å². The standard InChI is InChI=1S/C18H27N6O16P3/c1-10-6-23(18(28)20-17(10)27)15-5-12(24-7-11(21-22-24)8-36-16(26)4-2-3-14(19)25)13(38-15)9-37-42(32,33)40-43(34,35)39-41(29,30)31/h6-7,12-13,15H,2-5,8-9H2,1H3,(H2,19,25)(H,32,33)(H,34,35)(H,20,27,28)(H2,29,30,31)/t12?,13-,15-/m1/s1. The highest BCUT2D eigenvalue weighted by Gasteiger charge is 2.44. The van der Waals surface area contributed by atoms with Gasteiger partial charge in [-0.15, -0.1) is 5.10 Å². The van der Waals surface area contributed by atoms with Gasteiger partial charge in [0.2, 0.25) is 5.91 Å². The van der Waals surface area contributed by atoms with Gasteiger partial charge in [-0.2, -0.15) is 8.62 Å². The average molecular weight is 676 g/mol. The molecule has 0 spiro atoms. The van der Waals surface area contributed by atoms with E-state index in [-0.39, 0.29) is 43.5 Å². The molecule has 1 aliphatic heterocycles. The van der Waals surface area contributed by atoms with Gasteiger partial charge >= 0.3 is 35.1 Å². The number of aromatic amines is 1. The van der Waals surface area contributed by atoms with Crippen LogP contribution in [0.5, 0.6) is 0 Å². The molecule has 1 saturated heterocycles. The van der Waals surface area contributed by atoms with Gasteiger partial charge in [-0.05, 0) is 13.3 Å². The molecule has 1 amide bonds. The Bertz CT molecular complexity index is 1600. The summed E-state index contributed by atoms with van der Waals surface area (Å²) in [5, 5.41) is 7.79. The zero-order chi connectivity index (χ0) is 32.2. The highest BCUT2D eigenvalue weighted by Crippen LogP contribution is 2.66. The lowest BCUT2D eigenvalue weighted by Gasteiger charge is -2.21. The number of H-pyrrole nitrogens is 1. The Morgan fingerprint density at radius 2 is 1.81 bits per heavy atom. The molecule has 1 fully saturated rings. The molecule has 2 aromatic rings. The summed E-state index contributed by atoms with van der Waals surface area (Å²) < 4.78 is 59.9. The number of phosphoric ester groups is 1. The molecule has 1 aliphatic rings. The minimum absolute atomic E-state index is 0.00608. The zero-order valence-electron chi connectivity index (χ0n) is 22.0. The first-order valence-corrected chi connectivity index (χ1v) is 16.5. The number of hydrogen-bond donors (Lipinski definition) is 6. The predicted octanol–water partition coefficient (Wildman–Crippen LogP) is -0.993. The van der Waals surface area contributed by atoms with E-state index in [1.165, 1.54) is 24.0 Å². The zero-order valence-corrected chi connectivity index (χ0v) is 24.7. The first-order chi connectivity index (χ1) is 19.8. The first-order valence-electron chi connectivity index (χ1n) is 11.9. The molecule has 43 heavy (non-hydrogen) atoms. The van der Waals surface area contributed by atoms with Crippen LogP contribution in [0.4, 0.5) is 0 Å².